The molecule has 0 atom stereocenters. The molecule has 0 aliphatic carbocycles. The van der Waals surface area contributed by atoms with Crippen LogP contribution in [-0.4, -0.2) is 20.4 Å². The topological polar surface area (TPSA) is 80.9 Å². The molecule has 0 unspecified atom stereocenters. The maximum Gasteiger partial charge on any atom is 0.274 e. The molecule has 0 heterocycles. The van der Waals surface area contributed by atoms with Gasteiger partial charge in [-0.15, -0.1) is 0 Å². The van der Waals surface area contributed by atoms with Gasteiger partial charge < -0.3 is 20.4 Å². The Hall–Kier alpha value is -2.10. The second-order valence-corrected chi connectivity index (χ2v) is 2.67. The molecule has 1 rings (SSSR count). The molecule has 4 N–H and O–H groups in total. The van der Waals surface area contributed by atoms with Gasteiger partial charge in [-0.3, -0.25) is 0 Å². The number of benzene rings is 1. The standard InChI is InChI=1S/C10H10O4/c11-9(12)5-7-1-2-8(4-3-7)6-10(13)14/h1-6,11-14H. The fraction of sp³-hybridized carbons (Fsp3) is 0. The molecule has 0 aromatic heterocycles. The summed E-state index contributed by atoms with van der Waals surface area (Å²) in [5, 5.41) is 34.2. The van der Waals surface area contributed by atoms with Crippen molar-refractivity contribution in [3.05, 3.63) is 47.3 Å². The highest BCUT2D eigenvalue weighted by Gasteiger charge is 1.93. The average molecular weight is 194 g/mol. The van der Waals surface area contributed by atoms with E-state index in [0.29, 0.717) is 11.1 Å². The van der Waals surface area contributed by atoms with Gasteiger partial charge in [0.15, 0.2) is 0 Å². The van der Waals surface area contributed by atoms with E-state index < -0.39 is 11.9 Å². The van der Waals surface area contributed by atoms with Crippen molar-refractivity contribution < 1.29 is 20.4 Å². The van der Waals surface area contributed by atoms with E-state index in [9.17, 15) is 0 Å². The summed E-state index contributed by atoms with van der Waals surface area (Å²) in [6.07, 6.45) is 2.35. The Balaban J connectivity index is 2.89. The van der Waals surface area contributed by atoms with Crippen molar-refractivity contribution in [3.63, 3.8) is 0 Å². The molecular formula is C10H10O4. The van der Waals surface area contributed by atoms with Crippen LogP contribution in [0.3, 0.4) is 0 Å². The van der Waals surface area contributed by atoms with Crippen molar-refractivity contribution in [3.8, 4) is 0 Å². The largest absolute Gasteiger partial charge is 0.481 e. The summed E-state index contributed by atoms with van der Waals surface area (Å²) in [6.45, 7) is 0. The first-order chi connectivity index (χ1) is 6.58. The van der Waals surface area contributed by atoms with Crippen molar-refractivity contribution in [1.29, 1.82) is 0 Å². The van der Waals surface area contributed by atoms with Gasteiger partial charge in [0.1, 0.15) is 0 Å². The van der Waals surface area contributed by atoms with Crippen LogP contribution in [0.2, 0.25) is 0 Å². The molecule has 0 saturated carbocycles. The zero-order valence-corrected chi connectivity index (χ0v) is 7.25. The normalized spacial score (nSPS) is 9.14. The lowest BCUT2D eigenvalue weighted by molar-refractivity contribution is 0.196. The molecule has 0 spiro atoms. The van der Waals surface area contributed by atoms with Gasteiger partial charge in [-0.1, -0.05) is 24.3 Å². The van der Waals surface area contributed by atoms with E-state index in [1.165, 1.54) is 12.2 Å². The van der Waals surface area contributed by atoms with Gasteiger partial charge in [-0.25, -0.2) is 0 Å². The molecule has 1 aromatic carbocycles. The van der Waals surface area contributed by atoms with Crippen LogP contribution in [0.25, 0.3) is 12.2 Å². The zero-order chi connectivity index (χ0) is 10.6. The molecule has 0 radical (unpaired) electrons. The molecule has 0 aliphatic rings. The van der Waals surface area contributed by atoms with Crippen LogP contribution in [0.4, 0.5) is 0 Å². The number of aliphatic hydroxyl groups is 4. The molecule has 1 aromatic rings. The molecule has 4 nitrogen and oxygen atoms in total. The Bertz CT molecular complexity index is 317. The van der Waals surface area contributed by atoms with Crippen molar-refractivity contribution in [2.24, 2.45) is 0 Å². The minimum Gasteiger partial charge on any atom is -0.481 e. The first-order valence-corrected chi connectivity index (χ1v) is 3.87. The summed E-state index contributed by atoms with van der Waals surface area (Å²) in [7, 11) is 0. The van der Waals surface area contributed by atoms with Crippen LogP contribution in [-0.2, 0) is 0 Å². The van der Waals surface area contributed by atoms with Crippen LogP contribution >= 0.6 is 0 Å². The summed E-state index contributed by atoms with van der Waals surface area (Å²) in [5.74, 6) is -1.53. The van der Waals surface area contributed by atoms with Gasteiger partial charge in [0.05, 0.1) is 0 Å². The fourth-order valence-corrected chi connectivity index (χ4v) is 0.987. The number of aliphatic hydroxyl groups excluding tert-OH is 2. The summed E-state index contributed by atoms with van der Waals surface area (Å²) < 4.78 is 0. The second kappa shape index (κ2) is 4.23. The highest BCUT2D eigenvalue weighted by Crippen LogP contribution is 2.09. The highest BCUT2D eigenvalue weighted by molar-refractivity contribution is 5.55. The fourth-order valence-electron chi connectivity index (χ4n) is 0.987. The van der Waals surface area contributed by atoms with Gasteiger partial charge in [0.25, 0.3) is 11.9 Å². The summed E-state index contributed by atoms with van der Waals surface area (Å²) in [4.78, 5) is 0. The van der Waals surface area contributed by atoms with E-state index in [1.54, 1.807) is 24.3 Å². The number of hydrogen-bond acceptors (Lipinski definition) is 4. The molecule has 14 heavy (non-hydrogen) atoms. The van der Waals surface area contributed by atoms with Crippen molar-refractivity contribution in [2.75, 3.05) is 0 Å². The third-order valence-electron chi connectivity index (χ3n) is 1.53. The molecule has 0 fully saturated rings. The Morgan fingerprint density at radius 2 is 1.00 bits per heavy atom. The highest BCUT2D eigenvalue weighted by atomic mass is 16.5. The summed E-state index contributed by atoms with van der Waals surface area (Å²) in [6, 6.07) is 6.45. The van der Waals surface area contributed by atoms with Crippen molar-refractivity contribution in [2.45, 2.75) is 0 Å². The average Bonchev–Trinajstić information content (AvgIpc) is 2.06. The molecule has 0 saturated heterocycles. The van der Waals surface area contributed by atoms with Gasteiger partial charge in [0.2, 0.25) is 0 Å². The Labute approximate surface area is 80.7 Å². The van der Waals surface area contributed by atoms with E-state index in [0.717, 1.165) is 0 Å². The molecule has 74 valence electrons. The third-order valence-corrected chi connectivity index (χ3v) is 1.53. The first kappa shape index (κ1) is 9.98. The van der Waals surface area contributed by atoms with E-state index >= 15 is 0 Å². The third kappa shape index (κ3) is 3.10. The predicted molar refractivity (Wildman–Crippen MR) is 52.9 cm³/mol. The second-order valence-electron chi connectivity index (χ2n) is 2.67. The van der Waals surface area contributed by atoms with Crippen LogP contribution in [0.15, 0.2) is 36.2 Å². The minimum atomic E-state index is -0.765. The van der Waals surface area contributed by atoms with E-state index in [1.807, 2.05) is 0 Å². The van der Waals surface area contributed by atoms with Crippen LogP contribution in [0.5, 0.6) is 0 Å². The predicted octanol–water partition coefficient (Wildman–Crippen LogP) is 2.52. The Kier molecular flexibility index (Phi) is 3.01. The molecule has 0 amide bonds. The molecule has 0 bridgehead atoms. The van der Waals surface area contributed by atoms with E-state index in [4.69, 9.17) is 20.4 Å². The van der Waals surface area contributed by atoms with Gasteiger partial charge >= 0.3 is 0 Å². The van der Waals surface area contributed by atoms with E-state index in [-0.39, 0.29) is 0 Å². The maximum absolute atomic E-state index is 8.55. The van der Waals surface area contributed by atoms with Crippen molar-refractivity contribution in [1.82, 2.24) is 0 Å². The molecule has 0 aliphatic heterocycles. The Morgan fingerprint density at radius 1 is 0.714 bits per heavy atom. The molecule has 4 heteroatoms. The quantitative estimate of drug-likeness (QED) is 0.545. The summed E-state index contributed by atoms with van der Waals surface area (Å²) >= 11 is 0. The van der Waals surface area contributed by atoms with Crippen LogP contribution in [0, 0.1) is 0 Å². The lowest BCUT2D eigenvalue weighted by Gasteiger charge is -1.95. The number of rotatable bonds is 2. The Morgan fingerprint density at radius 3 is 1.21 bits per heavy atom. The lowest BCUT2D eigenvalue weighted by Crippen LogP contribution is -1.80. The van der Waals surface area contributed by atoms with Gasteiger partial charge in [0, 0.05) is 12.2 Å². The van der Waals surface area contributed by atoms with Crippen LogP contribution in [0.1, 0.15) is 11.1 Å². The SMILES string of the molecule is OC(O)=Cc1ccc(C=C(O)O)cc1. The summed E-state index contributed by atoms with van der Waals surface area (Å²) in [5.41, 5.74) is 1.22. The van der Waals surface area contributed by atoms with Gasteiger partial charge in [-0.2, -0.15) is 0 Å². The van der Waals surface area contributed by atoms with E-state index in [2.05, 4.69) is 0 Å². The molecular weight excluding hydrogens is 184 g/mol. The monoisotopic (exact) mass is 194 g/mol. The first-order valence-electron chi connectivity index (χ1n) is 3.87. The smallest absolute Gasteiger partial charge is 0.274 e. The van der Waals surface area contributed by atoms with Crippen LogP contribution < -0.4 is 0 Å². The maximum atomic E-state index is 8.55. The van der Waals surface area contributed by atoms with Gasteiger partial charge in [-0.05, 0) is 11.1 Å². The number of hydrogen-bond donors (Lipinski definition) is 4. The lowest BCUT2D eigenvalue weighted by atomic mass is 10.1. The van der Waals surface area contributed by atoms with Crippen molar-refractivity contribution >= 4 is 12.2 Å². The zero-order valence-electron chi connectivity index (χ0n) is 7.25. The minimum absolute atomic E-state index is 0.611.